The molecule has 0 aromatic heterocycles. The number of benzene rings is 1. The van der Waals surface area contributed by atoms with Crippen molar-refractivity contribution in [3.8, 4) is 5.75 Å². The van der Waals surface area contributed by atoms with Crippen molar-refractivity contribution in [2.75, 3.05) is 7.11 Å². The van der Waals surface area contributed by atoms with Gasteiger partial charge in [-0.3, -0.25) is 0 Å². The minimum absolute atomic E-state index is 0.109. The summed E-state index contributed by atoms with van der Waals surface area (Å²) in [5, 5.41) is 9.37. The summed E-state index contributed by atoms with van der Waals surface area (Å²) in [6, 6.07) is 2.92. The van der Waals surface area contributed by atoms with Gasteiger partial charge in [-0.25, -0.2) is 4.79 Å². The molecule has 3 nitrogen and oxygen atoms in total. The third-order valence-electron chi connectivity index (χ3n) is 1.44. The summed E-state index contributed by atoms with van der Waals surface area (Å²) >= 11 is 6.40. The van der Waals surface area contributed by atoms with Crippen LogP contribution >= 0.6 is 31.9 Å². The van der Waals surface area contributed by atoms with Gasteiger partial charge in [-0.15, -0.1) is 0 Å². The van der Waals surface area contributed by atoms with Crippen LogP contribution in [-0.2, 0) is 4.74 Å². The minimum atomic E-state index is -0.564. The number of ether oxygens (including phenoxy) is 1. The second-order valence-corrected chi connectivity index (χ2v) is 3.98. The van der Waals surface area contributed by atoms with Gasteiger partial charge in [0.2, 0.25) is 0 Å². The summed E-state index contributed by atoms with van der Waals surface area (Å²) in [7, 11) is 1.26. The van der Waals surface area contributed by atoms with Crippen LogP contribution < -0.4 is 0 Å². The zero-order valence-electron chi connectivity index (χ0n) is 6.67. The normalized spacial score (nSPS) is 9.77. The van der Waals surface area contributed by atoms with Crippen molar-refractivity contribution in [3.63, 3.8) is 0 Å². The van der Waals surface area contributed by atoms with E-state index in [0.717, 1.165) is 0 Å². The molecule has 0 bridgehead atoms. The van der Waals surface area contributed by atoms with Crippen molar-refractivity contribution in [2.24, 2.45) is 0 Å². The molecule has 0 aliphatic heterocycles. The first-order chi connectivity index (χ1) is 6.06. The number of methoxy groups -OCH3 is 1. The molecule has 0 atom stereocenters. The van der Waals surface area contributed by atoms with Gasteiger partial charge in [0, 0.05) is 8.95 Å². The molecule has 0 heterocycles. The molecule has 0 aliphatic carbocycles. The topological polar surface area (TPSA) is 46.5 Å². The summed E-state index contributed by atoms with van der Waals surface area (Å²) in [5.41, 5.74) is 0.137. The van der Waals surface area contributed by atoms with Crippen molar-refractivity contribution in [1.82, 2.24) is 0 Å². The summed E-state index contributed by atoms with van der Waals surface area (Å²) in [4.78, 5) is 11.1. The molecular formula is C8H6Br2O3. The molecule has 1 rings (SSSR count). The maximum absolute atomic E-state index is 11.1. The zero-order valence-corrected chi connectivity index (χ0v) is 9.85. The molecule has 70 valence electrons. The summed E-state index contributed by atoms with van der Waals surface area (Å²) in [6.45, 7) is 0. The van der Waals surface area contributed by atoms with Gasteiger partial charge in [-0.1, -0.05) is 0 Å². The van der Waals surface area contributed by atoms with E-state index in [9.17, 15) is 9.90 Å². The van der Waals surface area contributed by atoms with Gasteiger partial charge in [-0.2, -0.15) is 0 Å². The number of carbonyl (C=O) groups is 1. The fourth-order valence-corrected chi connectivity index (χ4v) is 1.48. The van der Waals surface area contributed by atoms with E-state index in [0.29, 0.717) is 8.95 Å². The first kappa shape index (κ1) is 10.5. The molecule has 13 heavy (non-hydrogen) atoms. The number of rotatable bonds is 1. The van der Waals surface area contributed by atoms with Crippen molar-refractivity contribution in [2.45, 2.75) is 0 Å². The number of aromatic hydroxyl groups is 1. The quantitative estimate of drug-likeness (QED) is 0.811. The van der Waals surface area contributed by atoms with Gasteiger partial charge in [0.05, 0.1) is 7.11 Å². The highest BCUT2D eigenvalue weighted by atomic mass is 79.9. The molecule has 0 aliphatic rings. The van der Waals surface area contributed by atoms with E-state index in [-0.39, 0.29) is 11.3 Å². The van der Waals surface area contributed by atoms with Crippen molar-refractivity contribution in [3.05, 3.63) is 26.6 Å². The van der Waals surface area contributed by atoms with Crippen LogP contribution in [0.3, 0.4) is 0 Å². The van der Waals surface area contributed by atoms with Gasteiger partial charge < -0.3 is 9.84 Å². The van der Waals surface area contributed by atoms with Gasteiger partial charge >= 0.3 is 5.97 Å². The molecule has 0 unspecified atom stereocenters. The number of halogens is 2. The highest BCUT2D eigenvalue weighted by molar-refractivity contribution is 9.13. The molecule has 0 saturated heterocycles. The van der Waals surface area contributed by atoms with E-state index in [2.05, 4.69) is 36.6 Å². The van der Waals surface area contributed by atoms with Crippen LogP contribution in [0.15, 0.2) is 21.1 Å². The second-order valence-electron chi connectivity index (χ2n) is 2.28. The number of carbonyl (C=O) groups excluding carboxylic acids is 1. The van der Waals surface area contributed by atoms with E-state index < -0.39 is 5.97 Å². The van der Waals surface area contributed by atoms with E-state index in [1.54, 1.807) is 0 Å². The van der Waals surface area contributed by atoms with E-state index >= 15 is 0 Å². The van der Waals surface area contributed by atoms with E-state index in [1.165, 1.54) is 19.2 Å². The summed E-state index contributed by atoms with van der Waals surface area (Å²) in [5.74, 6) is -0.673. The first-order valence-electron chi connectivity index (χ1n) is 3.32. The van der Waals surface area contributed by atoms with Gasteiger partial charge in [0.15, 0.2) is 0 Å². The molecule has 1 N–H and O–H groups in total. The number of hydrogen-bond donors (Lipinski definition) is 1. The average Bonchev–Trinajstić information content (AvgIpc) is 2.10. The lowest BCUT2D eigenvalue weighted by atomic mass is 10.2. The Kier molecular flexibility index (Phi) is 3.33. The van der Waals surface area contributed by atoms with Crippen molar-refractivity contribution in [1.29, 1.82) is 0 Å². The Bertz CT molecular complexity index is 349. The van der Waals surface area contributed by atoms with Crippen LogP contribution in [0, 0.1) is 0 Å². The molecule has 0 fully saturated rings. The lowest BCUT2D eigenvalue weighted by molar-refractivity contribution is 0.0597. The molecule has 1 aromatic carbocycles. The van der Waals surface area contributed by atoms with E-state index in [1.807, 2.05) is 0 Å². The number of phenolic OH excluding ortho intramolecular Hbond substituents is 1. The van der Waals surface area contributed by atoms with Crippen LogP contribution in [0.5, 0.6) is 5.75 Å². The largest absolute Gasteiger partial charge is 0.507 e. The molecule has 0 spiro atoms. The van der Waals surface area contributed by atoms with E-state index in [4.69, 9.17) is 0 Å². The molecule has 5 heteroatoms. The Labute approximate surface area is 92.0 Å². The average molecular weight is 310 g/mol. The Hall–Kier alpha value is -0.550. The third-order valence-corrected chi connectivity index (χ3v) is 3.29. The molecular weight excluding hydrogens is 304 g/mol. The Morgan fingerprint density at radius 2 is 1.92 bits per heavy atom. The first-order valence-corrected chi connectivity index (χ1v) is 4.91. The zero-order chi connectivity index (χ0) is 10.0. The highest BCUT2D eigenvalue weighted by Gasteiger charge is 2.13. The fourth-order valence-electron chi connectivity index (χ4n) is 0.810. The predicted molar refractivity (Wildman–Crippen MR) is 54.8 cm³/mol. The predicted octanol–water partition coefficient (Wildman–Crippen LogP) is 2.70. The lowest BCUT2D eigenvalue weighted by Gasteiger charge is -2.04. The van der Waals surface area contributed by atoms with Gasteiger partial charge in [0.1, 0.15) is 11.3 Å². The Balaban J connectivity index is 3.23. The summed E-state index contributed by atoms with van der Waals surface area (Å²) < 4.78 is 5.84. The smallest absolute Gasteiger partial charge is 0.341 e. The fraction of sp³-hybridized carbons (Fsp3) is 0.125. The SMILES string of the molecule is COC(=O)c1cc(Br)c(Br)cc1O. The third kappa shape index (κ3) is 2.22. The van der Waals surface area contributed by atoms with Crippen LogP contribution in [0.25, 0.3) is 0 Å². The Morgan fingerprint density at radius 3 is 2.46 bits per heavy atom. The summed E-state index contributed by atoms with van der Waals surface area (Å²) in [6.07, 6.45) is 0. The number of hydrogen-bond acceptors (Lipinski definition) is 3. The second kappa shape index (κ2) is 4.11. The van der Waals surface area contributed by atoms with Crippen molar-refractivity contribution < 1.29 is 14.6 Å². The molecule has 0 amide bonds. The molecule has 0 saturated carbocycles. The minimum Gasteiger partial charge on any atom is -0.507 e. The number of phenols is 1. The van der Waals surface area contributed by atoms with Crippen LogP contribution in [0.4, 0.5) is 0 Å². The van der Waals surface area contributed by atoms with Crippen LogP contribution in [0.1, 0.15) is 10.4 Å². The number of esters is 1. The van der Waals surface area contributed by atoms with Crippen LogP contribution in [-0.4, -0.2) is 18.2 Å². The van der Waals surface area contributed by atoms with Crippen molar-refractivity contribution >= 4 is 37.8 Å². The molecule has 1 aromatic rings. The lowest BCUT2D eigenvalue weighted by Crippen LogP contribution is -2.01. The van der Waals surface area contributed by atoms with Crippen LogP contribution in [0.2, 0.25) is 0 Å². The Morgan fingerprint density at radius 1 is 1.38 bits per heavy atom. The standard InChI is InChI=1S/C8H6Br2O3/c1-13-8(12)4-2-5(9)6(10)3-7(4)11/h2-3,11H,1H3. The van der Waals surface area contributed by atoms with Gasteiger partial charge in [-0.05, 0) is 44.0 Å². The molecule has 0 radical (unpaired) electrons. The van der Waals surface area contributed by atoms with Gasteiger partial charge in [0.25, 0.3) is 0 Å². The maximum atomic E-state index is 11.1. The highest BCUT2D eigenvalue weighted by Crippen LogP contribution is 2.30. The maximum Gasteiger partial charge on any atom is 0.341 e. The monoisotopic (exact) mass is 308 g/mol.